The van der Waals surface area contributed by atoms with Crippen LogP contribution in [0.1, 0.15) is 6.42 Å². The van der Waals surface area contributed by atoms with Gasteiger partial charge in [0.2, 0.25) is 11.8 Å². The highest BCUT2D eigenvalue weighted by molar-refractivity contribution is 6.30. The molecule has 1 aliphatic heterocycles. The van der Waals surface area contributed by atoms with Crippen LogP contribution >= 0.6 is 11.6 Å². The van der Waals surface area contributed by atoms with Crippen LogP contribution in [0.4, 0.5) is 5.69 Å². The van der Waals surface area contributed by atoms with Crippen LogP contribution in [0.5, 0.6) is 0 Å². The quantitative estimate of drug-likeness (QED) is 0.754. The second kappa shape index (κ2) is 5.84. The highest BCUT2D eigenvalue weighted by atomic mass is 35.5. The van der Waals surface area contributed by atoms with Crippen LogP contribution in [0.3, 0.4) is 0 Å². The summed E-state index contributed by atoms with van der Waals surface area (Å²) in [7, 11) is 0. The number of nitrogens with one attached hydrogen (secondary N) is 3. The number of amides is 2. The number of benzene rings is 1. The van der Waals surface area contributed by atoms with Crippen molar-refractivity contribution in [3.8, 4) is 0 Å². The molecule has 0 spiro atoms. The maximum atomic E-state index is 11.6. The zero-order valence-electron chi connectivity index (χ0n) is 9.70. The first-order chi connectivity index (χ1) is 8.63. The summed E-state index contributed by atoms with van der Waals surface area (Å²) in [5.41, 5.74) is 0.701. The van der Waals surface area contributed by atoms with Crippen molar-refractivity contribution < 1.29 is 9.59 Å². The van der Waals surface area contributed by atoms with Gasteiger partial charge in [0.15, 0.2) is 0 Å². The lowest BCUT2D eigenvalue weighted by atomic mass is 10.2. The summed E-state index contributed by atoms with van der Waals surface area (Å²) < 4.78 is 0. The first-order valence-corrected chi connectivity index (χ1v) is 6.07. The van der Waals surface area contributed by atoms with Gasteiger partial charge in [0.05, 0.1) is 6.54 Å². The van der Waals surface area contributed by atoms with Crippen LogP contribution in [0.25, 0.3) is 0 Å². The van der Waals surface area contributed by atoms with Crippen molar-refractivity contribution in [2.45, 2.75) is 12.5 Å². The lowest BCUT2D eigenvalue weighted by Gasteiger charge is -2.10. The minimum absolute atomic E-state index is 0.0191. The fourth-order valence-corrected chi connectivity index (χ4v) is 1.85. The largest absolute Gasteiger partial charge is 0.354 e. The standard InChI is InChI=1S/C12H14ClN3O2/c13-8-1-3-9(4-2-8)16-12(18)7-14-10-5-11(17)15-6-10/h1-4,10,14H,5-7H2,(H,15,17)(H,16,18). The van der Waals surface area contributed by atoms with E-state index in [0.29, 0.717) is 23.7 Å². The molecular formula is C12H14ClN3O2. The molecule has 1 heterocycles. The van der Waals surface area contributed by atoms with Crippen LogP contribution < -0.4 is 16.0 Å². The lowest BCUT2D eigenvalue weighted by Crippen LogP contribution is -2.37. The fraction of sp³-hybridized carbons (Fsp3) is 0.333. The minimum atomic E-state index is -0.142. The third kappa shape index (κ3) is 3.72. The van der Waals surface area contributed by atoms with Gasteiger partial charge in [-0.2, -0.15) is 0 Å². The van der Waals surface area contributed by atoms with Gasteiger partial charge in [-0.05, 0) is 24.3 Å². The molecule has 1 atom stereocenters. The first kappa shape index (κ1) is 12.9. The Labute approximate surface area is 110 Å². The van der Waals surface area contributed by atoms with Gasteiger partial charge in [0.25, 0.3) is 0 Å². The van der Waals surface area contributed by atoms with Crippen LogP contribution in [0.15, 0.2) is 24.3 Å². The van der Waals surface area contributed by atoms with Gasteiger partial charge < -0.3 is 16.0 Å². The van der Waals surface area contributed by atoms with Crippen LogP contribution in [0, 0.1) is 0 Å². The number of hydrogen-bond donors (Lipinski definition) is 3. The van der Waals surface area contributed by atoms with E-state index >= 15 is 0 Å². The van der Waals surface area contributed by atoms with Crippen LogP contribution in [-0.4, -0.2) is 30.9 Å². The van der Waals surface area contributed by atoms with Gasteiger partial charge in [-0.15, -0.1) is 0 Å². The highest BCUT2D eigenvalue weighted by Crippen LogP contribution is 2.13. The monoisotopic (exact) mass is 267 g/mol. The average Bonchev–Trinajstić information content (AvgIpc) is 2.76. The molecule has 1 fully saturated rings. The molecule has 0 radical (unpaired) electrons. The summed E-state index contributed by atoms with van der Waals surface area (Å²) in [4.78, 5) is 22.6. The maximum absolute atomic E-state index is 11.6. The second-order valence-corrected chi connectivity index (χ2v) is 4.58. The zero-order valence-corrected chi connectivity index (χ0v) is 10.5. The molecule has 0 aromatic heterocycles. The smallest absolute Gasteiger partial charge is 0.238 e. The molecule has 0 aliphatic carbocycles. The molecule has 1 aliphatic rings. The van der Waals surface area contributed by atoms with E-state index in [-0.39, 0.29) is 24.4 Å². The Balaban J connectivity index is 1.75. The number of carbonyl (C=O) groups is 2. The summed E-state index contributed by atoms with van der Waals surface area (Å²) in [6.07, 6.45) is 0.425. The molecule has 1 aromatic rings. The molecule has 1 unspecified atom stereocenters. The normalized spacial score (nSPS) is 18.5. The Kier molecular flexibility index (Phi) is 4.17. The molecule has 96 valence electrons. The first-order valence-electron chi connectivity index (χ1n) is 5.69. The highest BCUT2D eigenvalue weighted by Gasteiger charge is 2.21. The lowest BCUT2D eigenvalue weighted by molar-refractivity contribution is -0.119. The summed E-state index contributed by atoms with van der Waals surface area (Å²) in [5, 5.41) is 9.09. The number of halogens is 1. The van der Waals surface area contributed by atoms with Crippen molar-refractivity contribution in [2.75, 3.05) is 18.4 Å². The molecule has 6 heteroatoms. The Bertz CT molecular complexity index is 447. The van der Waals surface area contributed by atoms with Crippen molar-refractivity contribution in [1.29, 1.82) is 0 Å². The Morgan fingerprint density at radius 2 is 2.11 bits per heavy atom. The fourth-order valence-electron chi connectivity index (χ4n) is 1.72. The predicted octanol–water partition coefficient (Wildman–Crippen LogP) is 0.757. The molecule has 0 bridgehead atoms. The van der Waals surface area contributed by atoms with Gasteiger partial charge in [0.1, 0.15) is 0 Å². The number of rotatable bonds is 4. The number of anilines is 1. The van der Waals surface area contributed by atoms with E-state index in [4.69, 9.17) is 11.6 Å². The van der Waals surface area contributed by atoms with Gasteiger partial charge in [-0.3, -0.25) is 9.59 Å². The van der Waals surface area contributed by atoms with E-state index in [1.807, 2.05) is 0 Å². The molecule has 18 heavy (non-hydrogen) atoms. The number of carbonyl (C=O) groups excluding carboxylic acids is 2. The van der Waals surface area contributed by atoms with Crippen molar-refractivity contribution in [3.63, 3.8) is 0 Å². The molecule has 3 N–H and O–H groups in total. The SMILES string of the molecule is O=C1CC(NCC(=O)Nc2ccc(Cl)cc2)CN1. The van der Waals surface area contributed by atoms with E-state index in [2.05, 4.69) is 16.0 Å². The van der Waals surface area contributed by atoms with E-state index in [9.17, 15) is 9.59 Å². The Morgan fingerprint density at radius 1 is 1.39 bits per heavy atom. The molecule has 2 rings (SSSR count). The van der Waals surface area contributed by atoms with Gasteiger partial charge in [-0.1, -0.05) is 11.6 Å². The average molecular weight is 268 g/mol. The zero-order chi connectivity index (χ0) is 13.0. The van der Waals surface area contributed by atoms with E-state index in [1.54, 1.807) is 24.3 Å². The summed E-state index contributed by atoms with van der Waals surface area (Å²) in [6, 6.07) is 6.93. The predicted molar refractivity (Wildman–Crippen MR) is 69.5 cm³/mol. The van der Waals surface area contributed by atoms with Crippen molar-refractivity contribution in [3.05, 3.63) is 29.3 Å². The Hall–Kier alpha value is -1.59. The van der Waals surface area contributed by atoms with E-state index in [0.717, 1.165) is 0 Å². The second-order valence-electron chi connectivity index (χ2n) is 4.14. The van der Waals surface area contributed by atoms with Crippen molar-refractivity contribution in [2.24, 2.45) is 0 Å². The molecule has 1 saturated heterocycles. The molecule has 1 aromatic carbocycles. The summed E-state index contributed by atoms with van der Waals surface area (Å²) in [5.74, 6) is -0.123. The third-order valence-electron chi connectivity index (χ3n) is 2.66. The minimum Gasteiger partial charge on any atom is -0.354 e. The molecular weight excluding hydrogens is 254 g/mol. The third-order valence-corrected chi connectivity index (χ3v) is 2.91. The van der Waals surface area contributed by atoms with E-state index < -0.39 is 0 Å². The summed E-state index contributed by atoms with van der Waals surface area (Å²) >= 11 is 5.75. The van der Waals surface area contributed by atoms with Crippen LogP contribution in [0.2, 0.25) is 5.02 Å². The maximum Gasteiger partial charge on any atom is 0.238 e. The van der Waals surface area contributed by atoms with E-state index in [1.165, 1.54) is 0 Å². The van der Waals surface area contributed by atoms with Gasteiger partial charge >= 0.3 is 0 Å². The topological polar surface area (TPSA) is 70.2 Å². The number of hydrogen-bond acceptors (Lipinski definition) is 3. The Morgan fingerprint density at radius 3 is 2.72 bits per heavy atom. The molecule has 2 amide bonds. The summed E-state index contributed by atoms with van der Waals surface area (Å²) in [6.45, 7) is 0.759. The van der Waals surface area contributed by atoms with Crippen molar-refractivity contribution >= 4 is 29.1 Å². The van der Waals surface area contributed by atoms with Crippen LogP contribution in [-0.2, 0) is 9.59 Å². The van der Waals surface area contributed by atoms with Gasteiger partial charge in [0, 0.05) is 29.7 Å². The molecule has 0 saturated carbocycles. The van der Waals surface area contributed by atoms with Gasteiger partial charge in [-0.25, -0.2) is 0 Å². The van der Waals surface area contributed by atoms with Crippen molar-refractivity contribution in [1.82, 2.24) is 10.6 Å². The molecule has 5 nitrogen and oxygen atoms in total.